The van der Waals surface area contributed by atoms with E-state index in [0.717, 1.165) is 0 Å². The van der Waals surface area contributed by atoms with Crippen molar-refractivity contribution < 1.29 is 19.4 Å². The van der Waals surface area contributed by atoms with Crippen LogP contribution < -0.4 is 10.6 Å². The number of ether oxygens (including phenoxy) is 1. The number of rotatable bonds is 4. The molecule has 0 spiro atoms. The molecule has 1 saturated heterocycles. The molecule has 0 bridgehead atoms. The SMILES string of the molecule is CCOC(=O)c1ccc(N)c(N2CC(CO)CC2=O)c1. The van der Waals surface area contributed by atoms with Crippen molar-refractivity contribution in [3.8, 4) is 0 Å². The number of nitrogens with two attached hydrogens (primary N) is 1. The first-order valence-electron chi connectivity index (χ1n) is 6.54. The summed E-state index contributed by atoms with van der Waals surface area (Å²) in [6.45, 7) is 2.38. The minimum atomic E-state index is -0.445. The molecule has 3 N–H and O–H groups in total. The van der Waals surface area contributed by atoms with Crippen molar-refractivity contribution in [3.63, 3.8) is 0 Å². The van der Waals surface area contributed by atoms with Gasteiger partial charge in [-0.25, -0.2) is 4.79 Å². The van der Waals surface area contributed by atoms with Crippen LogP contribution >= 0.6 is 0 Å². The van der Waals surface area contributed by atoms with Crippen LogP contribution in [0.15, 0.2) is 18.2 Å². The quantitative estimate of drug-likeness (QED) is 0.627. The van der Waals surface area contributed by atoms with Gasteiger partial charge in [-0.05, 0) is 25.1 Å². The van der Waals surface area contributed by atoms with E-state index >= 15 is 0 Å². The van der Waals surface area contributed by atoms with Gasteiger partial charge in [0.15, 0.2) is 0 Å². The minimum Gasteiger partial charge on any atom is -0.462 e. The van der Waals surface area contributed by atoms with E-state index in [4.69, 9.17) is 15.6 Å². The maximum absolute atomic E-state index is 11.9. The molecule has 2 rings (SSSR count). The number of esters is 1. The molecule has 0 saturated carbocycles. The third-order valence-electron chi connectivity index (χ3n) is 3.30. The van der Waals surface area contributed by atoms with E-state index in [2.05, 4.69) is 0 Å². The Labute approximate surface area is 117 Å². The fourth-order valence-corrected chi connectivity index (χ4v) is 2.26. The number of hydrogen-bond donors (Lipinski definition) is 2. The molecule has 1 amide bonds. The summed E-state index contributed by atoms with van der Waals surface area (Å²) in [6, 6.07) is 4.72. The predicted molar refractivity (Wildman–Crippen MR) is 74.4 cm³/mol. The van der Waals surface area contributed by atoms with E-state index in [0.29, 0.717) is 29.9 Å². The lowest BCUT2D eigenvalue weighted by molar-refractivity contribution is -0.117. The Hall–Kier alpha value is -2.08. The standard InChI is InChI=1S/C14H18N2O4/c1-2-20-14(19)10-3-4-11(15)12(6-10)16-7-9(8-17)5-13(16)18/h3-4,6,9,17H,2,5,7-8,15H2,1H3. The summed E-state index contributed by atoms with van der Waals surface area (Å²) in [4.78, 5) is 25.2. The minimum absolute atomic E-state index is 0.0420. The van der Waals surface area contributed by atoms with Gasteiger partial charge in [-0.15, -0.1) is 0 Å². The number of amides is 1. The zero-order chi connectivity index (χ0) is 14.7. The topological polar surface area (TPSA) is 92.9 Å². The van der Waals surface area contributed by atoms with Crippen molar-refractivity contribution >= 4 is 23.3 Å². The van der Waals surface area contributed by atoms with Gasteiger partial charge in [-0.3, -0.25) is 4.79 Å². The number of hydrogen-bond acceptors (Lipinski definition) is 5. The highest BCUT2D eigenvalue weighted by Gasteiger charge is 2.31. The highest BCUT2D eigenvalue weighted by molar-refractivity contribution is 6.00. The third-order valence-corrected chi connectivity index (χ3v) is 3.30. The van der Waals surface area contributed by atoms with Crippen LogP contribution in [0.2, 0.25) is 0 Å². The van der Waals surface area contributed by atoms with E-state index in [1.807, 2.05) is 0 Å². The van der Waals surface area contributed by atoms with E-state index in [-0.39, 0.29) is 25.0 Å². The molecule has 1 aliphatic rings. The normalized spacial score (nSPS) is 18.4. The fraction of sp³-hybridized carbons (Fsp3) is 0.429. The molecule has 1 aromatic carbocycles. The summed E-state index contributed by atoms with van der Waals surface area (Å²) in [5, 5.41) is 9.15. The molecular weight excluding hydrogens is 260 g/mol. The van der Waals surface area contributed by atoms with Crippen LogP contribution in [0.1, 0.15) is 23.7 Å². The van der Waals surface area contributed by atoms with Crippen molar-refractivity contribution in [3.05, 3.63) is 23.8 Å². The van der Waals surface area contributed by atoms with E-state index in [9.17, 15) is 9.59 Å². The fourth-order valence-electron chi connectivity index (χ4n) is 2.26. The summed E-state index contributed by atoms with van der Waals surface area (Å²) >= 11 is 0. The van der Waals surface area contributed by atoms with Crippen LogP contribution in [0.4, 0.5) is 11.4 Å². The summed E-state index contributed by atoms with van der Waals surface area (Å²) in [5.41, 5.74) is 7.16. The molecule has 1 aromatic rings. The maximum Gasteiger partial charge on any atom is 0.338 e. The molecule has 0 aliphatic carbocycles. The van der Waals surface area contributed by atoms with E-state index in [1.54, 1.807) is 25.1 Å². The lowest BCUT2D eigenvalue weighted by atomic mass is 10.1. The molecule has 1 atom stereocenters. The van der Waals surface area contributed by atoms with E-state index < -0.39 is 5.97 Å². The Morgan fingerprint density at radius 1 is 1.55 bits per heavy atom. The van der Waals surface area contributed by atoms with Gasteiger partial charge >= 0.3 is 5.97 Å². The van der Waals surface area contributed by atoms with Crippen LogP contribution in [0.5, 0.6) is 0 Å². The van der Waals surface area contributed by atoms with Crippen molar-refractivity contribution in [1.82, 2.24) is 0 Å². The second-order valence-corrected chi connectivity index (χ2v) is 4.75. The molecular formula is C14H18N2O4. The molecule has 0 aromatic heterocycles. The van der Waals surface area contributed by atoms with Crippen LogP contribution in [-0.4, -0.2) is 36.7 Å². The van der Waals surface area contributed by atoms with Gasteiger partial charge in [0, 0.05) is 25.5 Å². The Morgan fingerprint density at radius 2 is 2.30 bits per heavy atom. The van der Waals surface area contributed by atoms with Crippen LogP contribution in [-0.2, 0) is 9.53 Å². The highest BCUT2D eigenvalue weighted by Crippen LogP contribution is 2.30. The maximum atomic E-state index is 11.9. The number of nitrogens with zero attached hydrogens (tertiary/aromatic N) is 1. The summed E-state index contributed by atoms with van der Waals surface area (Å²) in [7, 11) is 0. The van der Waals surface area contributed by atoms with Gasteiger partial charge in [0.1, 0.15) is 0 Å². The number of anilines is 2. The highest BCUT2D eigenvalue weighted by atomic mass is 16.5. The molecule has 108 valence electrons. The molecule has 1 fully saturated rings. The second-order valence-electron chi connectivity index (χ2n) is 4.75. The monoisotopic (exact) mass is 278 g/mol. The Kier molecular flexibility index (Phi) is 4.24. The first-order chi connectivity index (χ1) is 9.56. The Balaban J connectivity index is 2.29. The lowest BCUT2D eigenvalue weighted by Crippen LogP contribution is -2.26. The van der Waals surface area contributed by atoms with Gasteiger partial charge in [-0.1, -0.05) is 0 Å². The van der Waals surface area contributed by atoms with Crippen molar-refractivity contribution in [1.29, 1.82) is 0 Å². The van der Waals surface area contributed by atoms with Gasteiger partial charge in [0.05, 0.1) is 23.5 Å². The van der Waals surface area contributed by atoms with Gasteiger partial charge in [0.2, 0.25) is 5.91 Å². The van der Waals surface area contributed by atoms with Crippen molar-refractivity contribution in [2.45, 2.75) is 13.3 Å². The number of aliphatic hydroxyl groups is 1. The smallest absolute Gasteiger partial charge is 0.338 e. The van der Waals surface area contributed by atoms with Gasteiger partial charge in [-0.2, -0.15) is 0 Å². The zero-order valence-corrected chi connectivity index (χ0v) is 11.3. The largest absolute Gasteiger partial charge is 0.462 e. The van der Waals surface area contributed by atoms with Gasteiger partial charge in [0.25, 0.3) is 0 Å². The Bertz CT molecular complexity index is 530. The van der Waals surface area contributed by atoms with Crippen LogP contribution in [0, 0.1) is 5.92 Å². The average molecular weight is 278 g/mol. The Morgan fingerprint density at radius 3 is 2.90 bits per heavy atom. The number of nitrogen functional groups attached to an aromatic ring is 1. The summed E-state index contributed by atoms with van der Waals surface area (Å²) < 4.78 is 4.93. The predicted octanol–water partition coefficient (Wildman–Crippen LogP) is 0.791. The average Bonchev–Trinajstić information content (AvgIpc) is 2.81. The molecule has 1 heterocycles. The number of carbonyl (C=O) groups is 2. The number of carbonyl (C=O) groups excluding carboxylic acids is 2. The number of benzene rings is 1. The molecule has 20 heavy (non-hydrogen) atoms. The van der Waals surface area contributed by atoms with Crippen molar-refractivity contribution in [2.75, 3.05) is 30.4 Å². The number of aliphatic hydroxyl groups excluding tert-OH is 1. The summed E-state index contributed by atoms with van der Waals surface area (Å²) in [5.74, 6) is -0.635. The van der Waals surface area contributed by atoms with E-state index in [1.165, 1.54) is 4.90 Å². The summed E-state index contributed by atoms with van der Waals surface area (Å²) in [6.07, 6.45) is 0.291. The zero-order valence-electron chi connectivity index (χ0n) is 11.3. The van der Waals surface area contributed by atoms with Crippen LogP contribution in [0.25, 0.3) is 0 Å². The molecule has 1 aliphatic heterocycles. The van der Waals surface area contributed by atoms with Crippen LogP contribution in [0.3, 0.4) is 0 Å². The first kappa shape index (κ1) is 14.3. The second kappa shape index (κ2) is 5.92. The third kappa shape index (κ3) is 2.75. The van der Waals surface area contributed by atoms with Crippen molar-refractivity contribution in [2.24, 2.45) is 5.92 Å². The lowest BCUT2D eigenvalue weighted by Gasteiger charge is -2.19. The molecule has 6 heteroatoms. The molecule has 1 unspecified atom stereocenters. The molecule has 0 radical (unpaired) electrons. The van der Waals surface area contributed by atoms with Gasteiger partial charge < -0.3 is 20.5 Å². The molecule has 6 nitrogen and oxygen atoms in total. The first-order valence-corrected chi connectivity index (χ1v) is 6.54.